The number of hydrogen-bond donors (Lipinski definition) is 2. The van der Waals surface area contributed by atoms with Gasteiger partial charge in [-0.2, -0.15) is 0 Å². The average molecular weight is 253 g/mol. The molecule has 0 aromatic carbocycles. The molecule has 2 aromatic heterocycles. The van der Waals surface area contributed by atoms with Gasteiger partial charge in [0.1, 0.15) is 0 Å². The van der Waals surface area contributed by atoms with E-state index in [4.69, 9.17) is 0 Å². The second kappa shape index (κ2) is 5.72. The lowest BCUT2D eigenvalue weighted by molar-refractivity contribution is -0.113. The van der Waals surface area contributed by atoms with Crippen molar-refractivity contribution in [3.8, 4) is 0 Å². The van der Waals surface area contributed by atoms with Gasteiger partial charge < -0.3 is 4.98 Å². The number of aromatic amines is 1. The monoisotopic (exact) mass is 253 g/mol. The maximum absolute atomic E-state index is 11.5. The normalized spacial score (nSPS) is 10.2. The fraction of sp³-hybridized carbons (Fsp3) is 0.200. The highest BCUT2D eigenvalue weighted by Crippen LogP contribution is 2.16. The summed E-state index contributed by atoms with van der Waals surface area (Å²) in [6.07, 6.45) is 3.28. The van der Waals surface area contributed by atoms with E-state index in [9.17, 15) is 4.79 Å². The number of nitrogens with zero attached hydrogens (tertiary/aromatic N) is 1. The van der Waals surface area contributed by atoms with E-state index >= 15 is 0 Å². The summed E-state index contributed by atoms with van der Waals surface area (Å²) in [5.41, 5.74) is 0. The second-order valence-electron chi connectivity index (χ2n) is 3.06. The van der Waals surface area contributed by atoms with Crippen molar-refractivity contribution in [2.75, 3.05) is 11.1 Å². The minimum Gasteiger partial charge on any atom is -0.331 e. The molecule has 0 spiro atoms. The summed E-state index contributed by atoms with van der Waals surface area (Å²) in [7, 11) is 0. The maximum atomic E-state index is 11.5. The van der Waals surface area contributed by atoms with Crippen LogP contribution in [0.15, 0.2) is 29.9 Å². The van der Waals surface area contributed by atoms with E-state index in [1.54, 1.807) is 35.5 Å². The molecule has 2 aromatic rings. The summed E-state index contributed by atoms with van der Waals surface area (Å²) < 4.78 is 0. The van der Waals surface area contributed by atoms with Crippen LogP contribution >= 0.6 is 23.1 Å². The van der Waals surface area contributed by atoms with Crippen LogP contribution in [0, 0.1) is 0 Å². The molecule has 0 saturated heterocycles. The first kappa shape index (κ1) is 11.2. The van der Waals surface area contributed by atoms with Gasteiger partial charge in [-0.05, 0) is 11.4 Å². The van der Waals surface area contributed by atoms with Gasteiger partial charge in [-0.1, -0.05) is 6.07 Å². The minimum atomic E-state index is -0.0310. The Kier molecular flexibility index (Phi) is 4.01. The highest BCUT2D eigenvalue weighted by Gasteiger charge is 2.04. The first-order valence-corrected chi connectivity index (χ1v) is 6.77. The lowest BCUT2D eigenvalue weighted by Crippen LogP contribution is -2.15. The van der Waals surface area contributed by atoms with Crippen molar-refractivity contribution in [1.29, 1.82) is 0 Å². The van der Waals surface area contributed by atoms with Gasteiger partial charge in [0.25, 0.3) is 0 Å². The quantitative estimate of drug-likeness (QED) is 0.860. The fourth-order valence-electron chi connectivity index (χ4n) is 1.14. The van der Waals surface area contributed by atoms with Crippen LogP contribution in [0.2, 0.25) is 0 Å². The summed E-state index contributed by atoms with van der Waals surface area (Å²) >= 11 is 3.31. The first-order chi connectivity index (χ1) is 7.84. The van der Waals surface area contributed by atoms with Crippen LogP contribution in [-0.4, -0.2) is 21.6 Å². The third-order valence-corrected chi connectivity index (χ3v) is 3.85. The summed E-state index contributed by atoms with van der Waals surface area (Å²) in [6.45, 7) is 0. The highest BCUT2D eigenvalue weighted by atomic mass is 32.2. The molecular weight excluding hydrogens is 242 g/mol. The Labute approximate surface area is 101 Å². The number of H-pyrrole nitrogens is 1. The molecule has 0 aliphatic carbocycles. The fourth-order valence-corrected chi connectivity index (χ4v) is 2.81. The Hall–Kier alpha value is -1.27. The molecule has 0 radical (unpaired) electrons. The van der Waals surface area contributed by atoms with Crippen molar-refractivity contribution in [3.05, 3.63) is 34.8 Å². The molecule has 0 bridgehead atoms. The summed E-state index contributed by atoms with van der Waals surface area (Å²) in [5.74, 6) is 1.79. The van der Waals surface area contributed by atoms with Gasteiger partial charge >= 0.3 is 0 Å². The number of hydrogen-bond acceptors (Lipinski definition) is 4. The first-order valence-electron chi connectivity index (χ1n) is 4.74. The number of carbonyl (C=O) groups excluding carboxylic acids is 1. The molecule has 16 heavy (non-hydrogen) atoms. The zero-order valence-electron chi connectivity index (χ0n) is 8.47. The highest BCUT2D eigenvalue weighted by molar-refractivity contribution is 7.99. The number of imidazole rings is 1. The zero-order chi connectivity index (χ0) is 11.2. The predicted octanol–water partition coefficient (Wildman–Crippen LogP) is 2.34. The molecule has 0 fully saturated rings. The molecule has 0 unspecified atom stereocenters. The van der Waals surface area contributed by atoms with E-state index in [2.05, 4.69) is 21.4 Å². The van der Waals surface area contributed by atoms with Crippen LogP contribution in [0.1, 0.15) is 4.88 Å². The van der Waals surface area contributed by atoms with Crippen molar-refractivity contribution in [3.63, 3.8) is 0 Å². The topological polar surface area (TPSA) is 57.8 Å². The number of rotatable bonds is 5. The number of thiophene rings is 1. The molecule has 2 rings (SSSR count). The van der Waals surface area contributed by atoms with Crippen molar-refractivity contribution in [1.82, 2.24) is 9.97 Å². The average Bonchev–Trinajstić information content (AvgIpc) is 2.90. The van der Waals surface area contributed by atoms with E-state index in [0.29, 0.717) is 11.7 Å². The van der Waals surface area contributed by atoms with E-state index < -0.39 is 0 Å². The number of carbonyl (C=O) groups is 1. The number of anilines is 1. The Bertz CT molecular complexity index is 425. The number of thioether (sulfide) groups is 1. The minimum absolute atomic E-state index is 0.0310. The van der Waals surface area contributed by atoms with Crippen LogP contribution in [0.3, 0.4) is 0 Å². The Morgan fingerprint density at radius 2 is 2.56 bits per heavy atom. The van der Waals surface area contributed by atoms with E-state index in [1.807, 2.05) is 11.4 Å². The molecule has 84 valence electrons. The molecule has 0 atom stereocenters. The molecule has 4 nitrogen and oxygen atoms in total. The second-order valence-corrected chi connectivity index (χ2v) is 5.08. The lowest BCUT2D eigenvalue weighted by atomic mass is 10.5. The zero-order valence-corrected chi connectivity index (χ0v) is 10.1. The molecule has 6 heteroatoms. The van der Waals surface area contributed by atoms with Crippen molar-refractivity contribution < 1.29 is 4.79 Å². The van der Waals surface area contributed by atoms with Crippen LogP contribution < -0.4 is 5.32 Å². The lowest BCUT2D eigenvalue weighted by Gasteiger charge is -2.00. The maximum Gasteiger partial charge on any atom is 0.236 e. The Morgan fingerprint density at radius 3 is 3.25 bits per heavy atom. The van der Waals surface area contributed by atoms with Gasteiger partial charge in [-0.15, -0.1) is 23.1 Å². The summed E-state index contributed by atoms with van der Waals surface area (Å²) in [6, 6.07) is 4.09. The summed E-state index contributed by atoms with van der Waals surface area (Å²) in [5, 5.41) is 4.72. The van der Waals surface area contributed by atoms with Gasteiger partial charge in [-0.3, -0.25) is 10.1 Å². The Balaban J connectivity index is 1.68. The van der Waals surface area contributed by atoms with Crippen LogP contribution in [0.4, 0.5) is 5.95 Å². The molecule has 2 N–H and O–H groups in total. The molecule has 0 saturated carbocycles. The van der Waals surface area contributed by atoms with E-state index in [0.717, 1.165) is 5.75 Å². The van der Waals surface area contributed by atoms with E-state index in [-0.39, 0.29) is 5.91 Å². The number of amides is 1. The smallest absolute Gasteiger partial charge is 0.236 e. The standard InChI is InChI=1S/C10H11N3OS2/c14-9(13-10-11-3-4-12-10)7-15-6-8-2-1-5-16-8/h1-5H,6-7H2,(H2,11,12,13,14). The number of aromatic nitrogens is 2. The molecule has 2 heterocycles. The molecular formula is C10H11N3OS2. The molecule has 1 amide bonds. The summed E-state index contributed by atoms with van der Waals surface area (Å²) in [4.78, 5) is 19.5. The van der Waals surface area contributed by atoms with Crippen molar-refractivity contribution in [2.24, 2.45) is 0 Å². The van der Waals surface area contributed by atoms with Crippen LogP contribution in [0.5, 0.6) is 0 Å². The van der Waals surface area contributed by atoms with Gasteiger partial charge in [-0.25, -0.2) is 4.98 Å². The van der Waals surface area contributed by atoms with Gasteiger partial charge in [0.2, 0.25) is 11.9 Å². The molecule has 0 aliphatic rings. The van der Waals surface area contributed by atoms with Gasteiger partial charge in [0, 0.05) is 23.0 Å². The largest absolute Gasteiger partial charge is 0.331 e. The van der Waals surface area contributed by atoms with E-state index in [1.165, 1.54) is 4.88 Å². The Morgan fingerprint density at radius 1 is 1.62 bits per heavy atom. The van der Waals surface area contributed by atoms with Crippen molar-refractivity contribution >= 4 is 35.0 Å². The number of nitrogens with one attached hydrogen (secondary N) is 2. The third-order valence-electron chi connectivity index (χ3n) is 1.81. The predicted molar refractivity (Wildman–Crippen MR) is 67.7 cm³/mol. The van der Waals surface area contributed by atoms with Gasteiger partial charge in [0.05, 0.1) is 5.75 Å². The SMILES string of the molecule is O=C(CSCc1cccs1)Nc1ncc[nH]1. The van der Waals surface area contributed by atoms with Gasteiger partial charge in [0.15, 0.2) is 0 Å². The van der Waals surface area contributed by atoms with Crippen LogP contribution in [0.25, 0.3) is 0 Å². The van der Waals surface area contributed by atoms with Crippen LogP contribution in [-0.2, 0) is 10.5 Å². The third kappa shape index (κ3) is 3.39. The van der Waals surface area contributed by atoms with Crippen molar-refractivity contribution in [2.45, 2.75) is 5.75 Å². The molecule has 0 aliphatic heterocycles.